The van der Waals surface area contributed by atoms with Gasteiger partial charge in [0, 0.05) is 24.8 Å². The molecule has 4 heteroatoms. The zero-order valence-corrected chi connectivity index (χ0v) is 11.1. The molecule has 0 unspecified atom stereocenters. The van der Waals surface area contributed by atoms with E-state index in [1.165, 1.54) is 11.1 Å². The van der Waals surface area contributed by atoms with E-state index in [0.29, 0.717) is 0 Å². The summed E-state index contributed by atoms with van der Waals surface area (Å²) < 4.78 is 7.20. The molecule has 0 saturated heterocycles. The highest BCUT2D eigenvalue weighted by molar-refractivity contribution is 5.67. The summed E-state index contributed by atoms with van der Waals surface area (Å²) in [5, 5.41) is 7.50. The van der Waals surface area contributed by atoms with E-state index in [-0.39, 0.29) is 0 Å². The fourth-order valence-corrected chi connectivity index (χ4v) is 1.99. The van der Waals surface area contributed by atoms with Crippen LogP contribution in [-0.4, -0.2) is 23.9 Å². The van der Waals surface area contributed by atoms with Crippen molar-refractivity contribution in [3.8, 4) is 16.9 Å². The number of aromatic nitrogens is 2. The molecule has 0 aliphatic rings. The second-order valence-electron chi connectivity index (χ2n) is 4.14. The van der Waals surface area contributed by atoms with Crippen molar-refractivity contribution in [3.63, 3.8) is 0 Å². The minimum absolute atomic E-state index is 0.809. The first kappa shape index (κ1) is 12.6. The molecule has 0 amide bonds. The summed E-state index contributed by atoms with van der Waals surface area (Å²) in [5.74, 6) is 0.881. The van der Waals surface area contributed by atoms with E-state index in [0.717, 1.165) is 24.4 Å². The Labute approximate surface area is 108 Å². The van der Waals surface area contributed by atoms with Crippen LogP contribution >= 0.6 is 0 Å². The van der Waals surface area contributed by atoms with Crippen LogP contribution in [0.2, 0.25) is 0 Å². The van der Waals surface area contributed by atoms with Gasteiger partial charge in [-0.2, -0.15) is 5.10 Å². The predicted octanol–water partition coefficient (Wildman–Crippen LogP) is 2.30. The summed E-state index contributed by atoms with van der Waals surface area (Å²) in [7, 11) is 3.63. The van der Waals surface area contributed by atoms with Gasteiger partial charge in [0.2, 0.25) is 0 Å². The van der Waals surface area contributed by atoms with E-state index in [1.807, 2.05) is 24.0 Å². The predicted molar refractivity (Wildman–Crippen MR) is 72.7 cm³/mol. The Hall–Kier alpha value is -1.81. The molecule has 1 aromatic heterocycles. The lowest BCUT2D eigenvalue weighted by molar-refractivity contribution is 0.414. The Morgan fingerprint density at radius 1 is 1.39 bits per heavy atom. The summed E-state index contributed by atoms with van der Waals surface area (Å²) in [4.78, 5) is 0. The molecule has 1 aromatic carbocycles. The maximum Gasteiger partial charge on any atom is 0.119 e. The van der Waals surface area contributed by atoms with Crippen molar-refractivity contribution in [1.82, 2.24) is 15.1 Å². The average molecular weight is 245 g/mol. The number of nitrogens with zero attached hydrogens (tertiary/aromatic N) is 2. The molecular weight excluding hydrogens is 226 g/mol. The van der Waals surface area contributed by atoms with Crippen LogP contribution in [0.3, 0.4) is 0 Å². The van der Waals surface area contributed by atoms with Crippen molar-refractivity contribution in [2.24, 2.45) is 0 Å². The summed E-state index contributed by atoms with van der Waals surface area (Å²) in [6, 6.07) is 6.13. The van der Waals surface area contributed by atoms with Gasteiger partial charge in [-0.05, 0) is 37.2 Å². The Bertz CT molecular complexity index is 520. The number of ether oxygens (including phenoxy) is 1. The third-order valence-electron chi connectivity index (χ3n) is 2.95. The summed E-state index contributed by atoms with van der Waals surface area (Å²) in [5.41, 5.74) is 3.56. The molecule has 4 nitrogen and oxygen atoms in total. The zero-order chi connectivity index (χ0) is 13.0. The van der Waals surface area contributed by atoms with Gasteiger partial charge in [-0.1, -0.05) is 6.07 Å². The maximum absolute atomic E-state index is 5.27. The lowest BCUT2D eigenvalue weighted by Gasteiger charge is -2.09. The quantitative estimate of drug-likeness (QED) is 0.878. The molecule has 1 heterocycles. The molecule has 0 radical (unpaired) electrons. The third-order valence-corrected chi connectivity index (χ3v) is 2.95. The van der Waals surface area contributed by atoms with Crippen LogP contribution in [0.5, 0.6) is 5.75 Å². The highest BCUT2D eigenvalue weighted by atomic mass is 16.5. The van der Waals surface area contributed by atoms with E-state index in [4.69, 9.17) is 4.74 Å². The summed E-state index contributed by atoms with van der Waals surface area (Å²) in [6.07, 6.45) is 3.98. The minimum atomic E-state index is 0.809. The van der Waals surface area contributed by atoms with Gasteiger partial charge >= 0.3 is 0 Å². The lowest BCUT2D eigenvalue weighted by Crippen LogP contribution is -2.06. The SMILES string of the molecule is CCn1cc(-c2ccc(OC)cc2CNC)cn1. The van der Waals surface area contributed by atoms with Crippen molar-refractivity contribution >= 4 is 0 Å². The topological polar surface area (TPSA) is 39.1 Å². The average Bonchev–Trinajstić information content (AvgIpc) is 2.87. The lowest BCUT2D eigenvalue weighted by atomic mass is 10.0. The fraction of sp³-hybridized carbons (Fsp3) is 0.357. The molecule has 0 spiro atoms. The number of methoxy groups -OCH3 is 1. The van der Waals surface area contributed by atoms with Crippen molar-refractivity contribution < 1.29 is 4.74 Å². The molecule has 96 valence electrons. The Morgan fingerprint density at radius 2 is 2.22 bits per heavy atom. The number of nitrogens with one attached hydrogen (secondary N) is 1. The minimum Gasteiger partial charge on any atom is -0.497 e. The molecule has 0 saturated carbocycles. The van der Waals surface area contributed by atoms with E-state index < -0.39 is 0 Å². The third kappa shape index (κ3) is 2.54. The van der Waals surface area contributed by atoms with Gasteiger partial charge in [-0.3, -0.25) is 4.68 Å². The molecule has 2 rings (SSSR count). The van der Waals surface area contributed by atoms with Crippen LogP contribution in [0.4, 0.5) is 0 Å². The van der Waals surface area contributed by atoms with E-state index in [1.54, 1.807) is 7.11 Å². The van der Waals surface area contributed by atoms with Gasteiger partial charge in [-0.25, -0.2) is 0 Å². The highest BCUT2D eigenvalue weighted by Crippen LogP contribution is 2.27. The highest BCUT2D eigenvalue weighted by Gasteiger charge is 2.08. The zero-order valence-electron chi connectivity index (χ0n) is 11.1. The molecular formula is C14H19N3O. The van der Waals surface area contributed by atoms with E-state index >= 15 is 0 Å². The number of aryl methyl sites for hydroxylation is 1. The number of hydrogen-bond acceptors (Lipinski definition) is 3. The Morgan fingerprint density at radius 3 is 2.83 bits per heavy atom. The second kappa shape index (κ2) is 5.69. The van der Waals surface area contributed by atoms with Gasteiger partial charge in [0.1, 0.15) is 5.75 Å². The molecule has 2 aromatic rings. The Balaban J connectivity index is 2.41. The van der Waals surface area contributed by atoms with Crippen LogP contribution in [0.1, 0.15) is 12.5 Å². The Kier molecular flexibility index (Phi) is 3.99. The molecule has 1 N–H and O–H groups in total. The standard InChI is InChI=1S/C14H19N3O/c1-4-17-10-12(9-16-17)14-6-5-13(18-3)7-11(14)8-15-2/h5-7,9-10,15H,4,8H2,1-3H3. The summed E-state index contributed by atoms with van der Waals surface area (Å²) >= 11 is 0. The van der Waals surface area contributed by atoms with Crippen LogP contribution < -0.4 is 10.1 Å². The number of benzene rings is 1. The first-order valence-electron chi connectivity index (χ1n) is 6.12. The van der Waals surface area contributed by atoms with Crippen LogP contribution in [0, 0.1) is 0 Å². The van der Waals surface area contributed by atoms with Gasteiger partial charge in [0.25, 0.3) is 0 Å². The molecule has 0 aliphatic carbocycles. The molecule has 0 bridgehead atoms. The van der Waals surface area contributed by atoms with Gasteiger partial charge < -0.3 is 10.1 Å². The van der Waals surface area contributed by atoms with E-state index in [2.05, 4.69) is 35.7 Å². The molecule has 18 heavy (non-hydrogen) atoms. The van der Waals surface area contributed by atoms with Crippen molar-refractivity contribution in [1.29, 1.82) is 0 Å². The molecule has 0 aliphatic heterocycles. The van der Waals surface area contributed by atoms with Crippen molar-refractivity contribution in [2.45, 2.75) is 20.0 Å². The van der Waals surface area contributed by atoms with Crippen molar-refractivity contribution in [3.05, 3.63) is 36.2 Å². The van der Waals surface area contributed by atoms with Crippen LogP contribution in [0.25, 0.3) is 11.1 Å². The summed E-state index contributed by atoms with van der Waals surface area (Å²) in [6.45, 7) is 3.78. The van der Waals surface area contributed by atoms with Crippen molar-refractivity contribution in [2.75, 3.05) is 14.2 Å². The first-order valence-corrected chi connectivity index (χ1v) is 6.12. The van der Waals surface area contributed by atoms with Crippen LogP contribution in [0.15, 0.2) is 30.6 Å². The van der Waals surface area contributed by atoms with Gasteiger partial charge in [0.15, 0.2) is 0 Å². The smallest absolute Gasteiger partial charge is 0.119 e. The van der Waals surface area contributed by atoms with Gasteiger partial charge in [-0.15, -0.1) is 0 Å². The first-order chi connectivity index (χ1) is 8.78. The van der Waals surface area contributed by atoms with Crippen LogP contribution in [-0.2, 0) is 13.1 Å². The fourth-order valence-electron chi connectivity index (χ4n) is 1.99. The monoisotopic (exact) mass is 245 g/mol. The number of rotatable bonds is 5. The maximum atomic E-state index is 5.27. The van der Waals surface area contributed by atoms with Gasteiger partial charge in [0.05, 0.1) is 13.3 Å². The van der Waals surface area contributed by atoms with E-state index in [9.17, 15) is 0 Å². The second-order valence-corrected chi connectivity index (χ2v) is 4.14. The molecule has 0 fully saturated rings. The number of hydrogen-bond donors (Lipinski definition) is 1. The molecule has 0 atom stereocenters. The largest absolute Gasteiger partial charge is 0.497 e. The normalized spacial score (nSPS) is 10.6.